The van der Waals surface area contributed by atoms with Gasteiger partial charge in [0.15, 0.2) is 0 Å². The van der Waals surface area contributed by atoms with Crippen LogP contribution in [0.1, 0.15) is 26.2 Å². The van der Waals surface area contributed by atoms with E-state index >= 15 is 0 Å². The highest BCUT2D eigenvalue weighted by atomic mass is 32.2. The minimum absolute atomic E-state index is 0.0472. The summed E-state index contributed by atoms with van der Waals surface area (Å²) < 4.78 is 71.5. The highest BCUT2D eigenvalue weighted by Gasteiger charge is 2.29. The second-order valence-electron chi connectivity index (χ2n) is 8.29. The molecule has 2 aromatic carbocycles. The normalized spacial score (nSPS) is 15.9. The molecule has 1 aliphatic rings. The van der Waals surface area contributed by atoms with Crippen molar-refractivity contribution >= 4 is 31.6 Å². The van der Waals surface area contributed by atoms with Gasteiger partial charge in [0.25, 0.3) is 0 Å². The van der Waals surface area contributed by atoms with Gasteiger partial charge in [0, 0.05) is 13.1 Å². The fourth-order valence-electron chi connectivity index (χ4n) is 3.87. The third-order valence-corrected chi connectivity index (χ3v) is 8.75. The molecule has 1 saturated heterocycles. The standard InChI is InChI=1S/C23H30FN3O6S2/c1-18(27(34(2,29)30)20-8-6-7-19(24)17-20)23(28)25-13-16-33-21-9-11-22(12-10-21)35(31,32)26-14-4-3-5-15-26/h6-12,17-18H,3-5,13-16H2,1-2H3,(H,25,28)/t18-/m0/s1. The van der Waals surface area contributed by atoms with Crippen LogP contribution < -0.4 is 14.4 Å². The van der Waals surface area contributed by atoms with Gasteiger partial charge in [-0.05, 0) is 62.2 Å². The van der Waals surface area contributed by atoms with E-state index in [1.165, 1.54) is 41.6 Å². The summed E-state index contributed by atoms with van der Waals surface area (Å²) in [4.78, 5) is 12.8. The Morgan fingerprint density at radius 3 is 2.34 bits per heavy atom. The van der Waals surface area contributed by atoms with E-state index in [4.69, 9.17) is 4.74 Å². The van der Waals surface area contributed by atoms with E-state index in [9.17, 15) is 26.0 Å². The molecule has 0 aliphatic carbocycles. The predicted molar refractivity (Wildman–Crippen MR) is 131 cm³/mol. The van der Waals surface area contributed by atoms with Gasteiger partial charge in [-0.2, -0.15) is 4.31 Å². The van der Waals surface area contributed by atoms with Crippen molar-refractivity contribution in [1.82, 2.24) is 9.62 Å². The number of carbonyl (C=O) groups is 1. The smallest absolute Gasteiger partial charge is 0.243 e. The molecule has 9 nitrogen and oxygen atoms in total. The monoisotopic (exact) mass is 527 g/mol. The summed E-state index contributed by atoms with van der Waals surface area (Å²) in [7, 11) is -7.38. The first-order valence-corrected chi connectivity index (χ1v) is 14.5. The van der Waals surface area contributed by atoms with Crippen molar-refractivity contribution < 1.29 is 30.8 Å². The highest BCUT2D eigenvalue weighted by molar-refractivity contribution is 7.92. The summed E-state index contributed by atoms with van der Waals surface area (Å²) in [6, 6.07) is 9.96. The molecule has 192 valence electrons. The molecular formula is C23H30FN3O6S2. The van der Waals surface area contributed by atoms with E-state index in [-0.39, 0.29) is 23.7 Å². The molecule has 1 atom stereocenters. The van der Waals surface area contributed by atoms with Crippen molar-refractivity contribution in [2.45, 2.75) is 37.1 Å². The van der Waals surface area contributed by atoms with Crippen LogP contribution in [0, 0.1) is 5.82 Å². The van der Waals surface area contributed by atoms with Crippen LogP contribution in [0.4, 0.5) is 10.1 Å². The summed E-state index contributed by atoms with van der Waals surface area (Å²) in [5.74, 6) is -0.763. The topological polar surface area (TPSA) is 113 Å². The number of hydrogen-bond donors (Lipinski definition) is 1. The molecule has 1 amide bonds. The van der Waals surface area contributed by atoms with Crippen molar-refractivity contribution in [3.8, 4) is 5.75 Å². The zero-order chi connectivity index (χ0) is 25.6. The number of benzene rings is 2. The number of nitrogens with zero attached hydrogens (tertiary/aromatic N) is 2. The molecule has 1 fully saturated rings. The average Bonchev–Trinajstić information content (AvgIpc) is 2.82. The van der Waals surface area contributed by atoms with Gasteiger partial charge < -0.3 is 10.1 Å². The number of carbonyl (C=O) groups excluding carboxylic acids is 1. The number of amides is 1. The molecule has 2 aromatic rings. The average molecular weight is 528 g/mol. The largest absolute Gasteiger partial charge is 0.492 e. The molecular weight excluding hydrogens is 497 g/mol. The molecule has 12 heteroatoms. The van der Waals surface area contributed by atoms with Crippen molar-refractivity contribution in [3.63, 3.8) is 0 Å². The van der Waals surface area contributed by atoms with Crippen LogP contribution in [0.25, 0.3) is 0 Å². The van der Waals surface area contributed by atoms with Crippen molar-refractivity contribution in [2.24, 2.45) is 0 Å². The Balaban J connectivity index is 1.54. The maximum atomic E-state index is 13.6. The number of sulfonamides is 2. The van der Waals surface area contributed by atoms with Crippen molar-refractivity contribution in [2.75, 3.05) is 36.8 Å². The number of ether oxygens (including phenoxy) is 1. The molecule has 0 radical (unpaired) electrons. The van der Waals surface area contributed by atoms with E-state index in [0.717, 1.165) is 35.9 Å². The first kappa shape index (κ1) is 26.9. The Kier molecular flexibility index (Phi) is 8.73. The summed E-state index contributed by atoms with van der Waals surface area (Å²) in [6.45, 7) is 2.61. The molecule has 0 spiro atoms. The lowest BCUT2D eigenvalue weighted by atomic mass is 10.2. The van der Waals surface area contributed by atoms with Crippen LogP contribution in [0.5, 0.6) is 5.75 Å². The van der Waals surface area contributed by atoms with Gasteiger partial charge in [-0.15, -0.1) is 0 Å². The third kappa shape index (κ3) is 6.92. The molecule has 0 aromatic heterocycles. The number of piperidine rings is 1. The van der Waals surface area contributed by atoms with Gasteiger partial charge in [-0.25, -0.2) is 21.2 Å². The quantitative estimate of drug-likeness (QED) is 0.475. The van der Waals surface area contributed by atoms with Gasteiger partial charge in [-0.1, -0.05) is 12.5 Å². The number of halogens is 1. The van der Waals surface area contributed by atoms with E-state index in [1.807, 2.05) is 0 Å². The van der Waals surface area contributed by atoms with Crippen LogP contribution in [0.3, 0.4) is 0 Å². The lowest BCUT2D eigenvalue weighted by molar-refractivity contribution is -0.121. The summed E-state index contributed by atoms with van der Waals surface area (Å²) in [5.41, 5.74) is 0.0472. The number of nitrogens with one attached hydrogen (secondary N) is 1. The van der Waals surface area contributed by atoms with Crippen LogP contribution >= 0.6 is 0 Å². The van der Waals surface area contributed by atoms with E-state index < -0.39 is 37.8 Å². The first-order valence-electron chi connectivity index (χ1n) is 11.3. The van der Waals surface area contributed by atoms with Crippen LogP contribution in [0.15, 0.2) is 53.4 Å². The molecule has 1 aliphatic heterocycles. The van der Waals surface area contributed by atoms with Crippen molar-refractivity contribution in [1.29, 1.82) is 0 Å². The van der Waals surface area contributed by atoms with Crippen molar-refractivity contribution in [3.05, 3.63) is 54.3 Å². The maximum Gasteiger partial charge on any atom is 0.243 e. The van der Waals surface area contributed by atoms with E-state index in [0.29, 0.717) is 18.8 Å². The Hall–Kier alpha value is -2.70. The predicted octanol–water partition coefficient (Wildman–Crippen LogP) is 2.35. The fraction of sp³-hybridized carbons (Fsp3) is 0.435. The number of rotatable bonds is 10. The second kappa shape index (κ2) is 11.4. The van der Waals surface area contributed by atoms with E-state index in [2.05, 4.69) is 5.32 Å². The summed E-state index contributed by atoms with van der Waals surface area (Å²) in [6.07, 6.45) is 3.69. The SMILES string of the molecule is C[C@@H](C(=O)NCCOc1ccc(S(=O)(=O)N2CCCCC2)cc1)N(c1cccc(F)c1)S(C)(=O)=O. The molecule has 1 heterocycles. The fourth-order valence-corrected chi connectivity index (χ4v) is 6.56. The lowest BCUT2D eigenvalue weighted by Crippen LogP contribution is -2.48. The second-order valence-corrected chi connectivity index (χ2v) is 12.1. The molecule has 0 bridgehead atoms. The minimum Gasteiger partial charge on any atom is -0.492 e. The number of anilines is 1. The van der Waals surface area contributed by atoms with Gasteiger partial charge in [0.05, 0.1) is 23.4 Å². The molecule has 0 unspecified atom stereocenters. The van der Waals surface area contributed by atoms with Crippen LogP contribution in [0.2, 0.25) is 0 Å². The third-order valence-electron chi connectivity index (χ3n) is 5.60. The first-order chi connectivity index (χ1) is 16.5. The Morgan fingerprint density at radius 1 is 1.09 bits per heavy atom. The molecule has 3 rings (SSSR count). The molecule has 35 heavy (non-hydrogen) atoms. The van der Waals surface area contributed by atoms with Gasteiger partial charge >= 0.3 is 0 Å². The zero-order valence-corrected chi connectivity index (χ0v) is 21.3. The van der Waals surface area contributed by atoms with E-state index in [1.54, 1.807) is 12.1 Å². The highest BCUT2D eigenvalue weighted by Crippen LogP contribution is 2.23. The number of hydrogen-bond acceptors (Lipinski definition) is 6. The Morgan fingerprint density at radius 2 is 1.74 bits per heavy atom. The zero-order valence-electron chi connectivity index (χ0n) is 19.7. The Bertz CT molecular complexity index is 1230. The van der Waals surface area contributed by atoms with Gasteiger partial charge in [0.1, 0.15) is 24.2 Å². The van der Waals surface area contributed by atoms with Crippen LogP contribution in [-0.4, -0.2) is 65.6 Å². The minimum atomic E-state index is -3.86. The maximum absolute atomic E-state index is 13.6. The lowest BCUT2D eigenvalue weighted by Gasteiger charge is -2.28. The summed E-state index contributed by atoms with van der Waals surface area (Å²) in [5, 5.41) is 2.60. The molecule has 1 N–H and O–H groups in total. The van der Waals surface area contributed by atoms with Gasteiger partial charge in [-0.3, -0.25) is 9.10 Å². The molecule has 0 saturated carbocycles. The van der Waals surface area contributed by atoms with Crippen LogP contribution in [-0.2, 0) is 24.8 Å². The Labute approximate surface area is 206 Å². The summed E-state index contributed by atoms with van der Waals surface area (Å²) >= 11 is 0. The van der Waals surface area contributed by atoms with Gasteiger partial charge in [0.2, 0.25) is 26.0 Å².